The molecule has 27 heavy (non-hydrogen) atoms. The minimum absolute atomic E-state index is 0.0789. The van der Waals surface area contributed by atoms with E-state index in [4.69, 9.17) is 11.6 Å². The van der Waals surface area contributed by atoms with Gasteiger partial charge in [-0.05, 0) is 48.7 Å². The Labute approximate surface area is 162 Å². The SMILES string of the molecule is CCC(CC)(C(=O)Nc1ccc(F)c(NC(=O)OC)c1)c1ccc(Cl)cc1. The summed E-state index contributed by atoms with van der Waals surface area (Å²) in [5, 5.41) is 5.70. The molecule has 0 aliphatic rings. The van der Waals surface area contributed by atoms with Crippen molar-refractivity contribution in [3.63, 3.8) is 0 Å². The molecular formula is C20H22ClFN2O3. The number of hydrogen-bond donors (Lipinski definition) is 2. The van der Waals surface area contributed by atoms with E-state index in [0.717, 1.165) is 5.56 Å². The van der Waals surface area contributed by atoms with Crippen LogP contribution in [0, 0.1) is 5.82 Å². The molecule has 0 saturated carbocycles. The molecule has 0 aliphatic carbocycles. The summed E-state index contributed by atoms with van der Waals surface area (Å²) < 4.78 is 18.3. The second kappa shape index (κ2) is 8.86. The number of methoxy groups -OCH3 is 1. The molecule has 144 valence electrons. The molecule has 0 aromatic heterocycles. The minimum Gasteiger partial charge on any atom is -0.453 e. The predicted octanol–water partition coefficient (Wildman–Crippen LogP) is 5.35. The number of nitrogens with one attached hydrogen (secondary N) is 2. The van der Waals surface area contributed by atoms with Gasteiger partial charge in [0.05, 0.1) is 18.2 Å². The molecule has 0 spiro atoms. The van der Waals surface area contributed by atoms with Crippen molar-refractivity contribution in [3.05, 3.63) is 58.9 Å². The molecule has 0 atom stereocenters. The Morgan fingerprint density at radius 1 is 1.07 bits per heavy atom. The molecule has 0 bridgehead atoms. The molecule has 2 aromatic carbocycles. The van der Waals surface area contributed by atoms with Crippen LogP contribution < -0.4 is 10.6 Å². The van der Waals surface area contributed by atoms with E-state index < -0.39 is 17.3 Å². The molecule has 7 heteroatoms. The van der Waals surface area contributed by atoms with Gasteiger partial charge in [0.15, 0.2) is 0 Å². The number of carbonyl (C=O) groups excluding carboxylic acids is 2. The van der Waals surface area contributed by atoms with Crippen molar-refractivity contribution < 1.29 is 18.7 Å². The summed E-state index contributed by atoms with van der Waals surface area (Å²) in [5.41, 5.74) is 0.386. The first-order chi connectivity index (χ1) is 12.9. The zero-order chi connectivity index (χ0) is 20.0. The van der Waals surface area contributed by atoms with Crippen LogP contribution in [0.4, 0.5) is 20.6 Å². The van der Waals surface area contributed by atoms with Gasteiger partial charge in [0.25, 0.3) is 0 Å². The molecule has 0 aliphatic heterocycles. The first kappa shape index (κ1) is 20.7. The number of ether oxygens (including phenoxy) is 1. The maximum atomic E-state index is 13.9. The number of carbonyl (C=O) groups is 2. The lowest BCUT2D eigenvalue weighted by molar-refractivity contribution is -0.121. The summed E-state index contributed by atoms with van der Waals surface area (Å²) >= 11 is 5.96. The molecule has 2 amide bonds. The average molecular weight is 393 g/mol. The van der Waals surface area contributed by atoms with Crippen molar-refractivity contribution in [2.45, 2.75) is 32.1 Å². The van der Waals surface area contributed by atoms with Crippen LogP contribution in [0.5, 0.6) is 0 Å². The van der Waals surface area contributed by atoms with Gasteiger partial charge in [-0.3, -0.25) is 10.1 Å². The standard InChI is InChI=1S/C20H22ClFN2O3/c1-4-20(5-2,13-6-8-14(21)9-7-13)18(25)23-15-10-11-16(22)17(12-15)24-19(26)27-3/h6-12H,4-5H2,1-3H3,(H,23,25)(H,24,26). The Morgan fingerprint density at radius 2 is 1.70 bits per heavy atom. The van der Waals surface area contributed by atoms with Crippen molar-refractivity contribution >= 4 is 35.0 Å². The lowest BCUT2D eigenvalue weighted by atomic mass is 9.75. The van der Waals surface area contributed by atoms with Crippen molar-refractivity contribution in [2.24, 2.45) is 0 Å². The van der Waals surface area contributed by atoms with Crippen molar-refractivity contribution in [1.29, 1.82) is 0 Å². The second-order valence-electron chi connectivity index (χ2n) is 6.06. The van der Waals surface area contributed by atoms with Gasteiger partial charge in [0, 0.05) is 10.7 Å². The molecule has 0 fully saturated rings. The highest BCUT2D eigenvalue weighted by Gasteiger charge is 2.36. The summed E-state index contributed by atoms with van der Waals surface area (Å²) in [6.07, 6.45) is 0.353. The molecule has 2 aromatic rings. The third-order valence-corrected chi connectivity index (χ3v) is 4.94. The summed E-state index contributed by atoms with van der Waals surface area (Å²) in [7, 11) is 1.18. The Bertz CT molecular complexity index is 820. The summed E-state index contributed by atoms with van der Waals surface area (Å²) in [6, 6.07) is 11.1. The predicted molar refractivity (Wildman–Crippen MR) is 105 cm³/mol. The lowest BCUT2D eigenvalue weighted by Crippen LogP contribution is -2.39. The third kappa shape index (κ3) is 4.57. The fraction of sp³-hybridized carbons (Fsp3) is 0.300. The van der Waals surface area contributed by atoms with E-state index in [9.17, 15) is 14.0 Å². The van der Waals surface area contributed by atoms with Crippen LogP contribution in [0.1, 0.15) is 32.3 Å². The molecule has 2 N–H and O–H groups in total. The Hall–Kier alpha value is -2.60. The van der Waals surface area contributed by atoms with E-state index in [1.54, 1.807) is 12.1 Å². The number of rotatable bonds is 6. The third-order valence-electron chi connectivity index (χ3n) is 4.68. The minimum atomic E-state index is -0.796. The molecular weight excluding hydrogens is 371 g/mol. The van der Waals surface area contributed by atoms with Gasteiger partial charge >= 0.3 is 6.09 Å². The highest BCUT2D eigenvalue weighted by molar-refractivity contribution is 6.30. The zero-order valence-electron chi connectivity index (χ0n) is 15.4. The second-order valence-corrected chi connectivity index (χ2v) is 6.50. The fourth-order valence-electron chi connectivity index (χ4n) is 2.99. The van der Waals surface area contributed by atoms with Crippen LogP contribution >= 0.6 is 11.6 Å². The zero-order valence-corrected chi connectivity index (χ0v) is 16.2. The van der Waals surface area contributed by atoms with Gasteiger partial charge in [-0.2, -0.15) is 0 Å². The van der Waals surface area contributed by atoms with Crippen LogP contribution in [0.3, 0.4) is 0 Å². The van der Waals surface area contributed by atoms with Crippen LogP contribution in [0.15, 0.2) is 42.5 Å². The number of benzene rings is 2. The number of anilines is 2. The van der Waals surface area contributed by atoms with Crippen LogP contribution in [0.25, 0.3) is 0 Å². The Morgan fingerprint density at radius 3 is 2.26 bits per heavy atom. The van der Waals surface area contributed by atoms with Gasteiger partial charge in [-0.15, -0.1) is 0 Å². The first-order valence-corrected chi connectivity index (χ1v) is 8.96. The van der Waals surface area contributed by atoms with Gasteiger partial charge in [-0.1, -0.05) is 37.6 Å². The van der Waals surface area contributed by atoms with Crippen molar-refractivity contribution in [2.75, 3.05) is 17.7 Å². The number of halogens is 2. The summed E-state index contributed by atoms with van der Waals surface area (Å²) in [5.74, 6) is -0.848. The van der Waals surface area contributed by atoms with Crippen LogP contribution in [-0.4, -0.2) is 19.1 Å². The number of amides is 2. The van der Waals surface area contributed by atoms with Gasteiger partial charge in [0.2, 0.25) is 5.91 Å². The maximum Gasteiger partial charge on any atom is 0.411 e. The molecule has 0 heterocycles. The molecule has 0 unspecified atom stereocenters. The fourth-order valence-corrected chi connectivity index (χ4v) is 3.12. The monoisotopic (exact) mass is 392 g/mol. The smallest absolute Gasteiger partial charge is 0.411 e. The topological polar surface area (TPSA) is 67.4 Å². The Kier molecular flexibility index (Phi) is 6.80. The maximum absolute atomic E-state index is 13.9. The van der Waals surface area contributed by atoms with E-state index >= 15 is 0 Å². The van der Waals surface area contributed by atoms with E-state index in [1.165, 1.54) is 25.3 Å². The van der Waals surface area contributed by atoms with E-state index in [-0.39, 0.29) is 11.6 Å². The van der Waals surface area contributed by atoms with Crippen LogP contribution in [0.2, 0.25) is 5.02 Å². The normalized spacial score (nSPS) is 11.0. The van der Waals surface area contributed by atoms with Gasteiger partial charge < -0.3 is 10.1 Å². The first-order valence-electron chi connectivity index (χ1n) is 8.58. The Balaban J connectivity index is 2.31. The molecule has 2 rings (SSSR count). The van der Waals surface area contributed by atoms with E-state index in [1.807, 2.05) is 26.0 Å². The molecule has 5 nitrogen and oxygen atoms in total. The van der Waals surface area contributed by atoms with Gasteiger partial charge in [-0.25, -0.2) is 9.18 Å². The average Bonchev–Trinajstić information content (AvgIpc) is 2.67. The van der Waals surface area contributed by atoms with E-state index in [2.05, 4.69) is 15.4 Å². The highest BCUT2D eigenvalue weighted by Crippen LogP contribution is 2.34. The van der Waals surface area contributed by atoms with Crippen molar-refractivity contribution in [3.8, 4) is 0 Å². The highest BCUT2D eigenvalue weighted by atomic mass is 35.5. The summed E-state index contributed by atoms with van der Waals surface area (Å²) in [6.45, 7) is 3.87. The largest absolute Gasteiger partial charge is 0.453 e. The quantitative estimate of drug-likeness (QED) is 0.695. The van der Waals surface area contributed by atoms with E-state index in [0.29, 0.717) is 23.6 Å². The molecule has 0 saturated heterocycles. The lowest BCUT2D eigenvalue weighted by Gasteiger charge is -2.31. The van der Waals surface area contributed by atoms with Crippen LogP contribution in [-0.2, 0) is 14.9 Å². The molecule has 0 radical (unpaired) electrons. The van der Waals surface area contributed by atoms with Crippen molar-refractivity contribution in [1.82, 2.24) is 0 Å². The number of hydrogen-bond acceptors (Lipinski definition) is 3. The summed E-state index contributed by atoms with van der Waals surface area (Å²) in [4.78, 5) is 24.4. The van der Waals surface area contributed by atoms with Gasteiger partial charge in [0.1, 0.15) is 5.82 Å².